The summed E-state index contributed by atoms with van der Waals surface area (Å²) >= 11 is 5.41. The van der Waals surface area contributed by atoms with Crippen LogP contribution in [-0.4, -0.2) is 60.1 Å². The lowest BCUT2D eigenvalue weighted by Gasteiger charge is -2.42. The first-order valence-electron chi connectivity index (χ1n) is 8.85. The van der Waals surface area contributed by atoms with Gasteiger partial charge in [-0.05, 0) is 19.4 Å². The largest absolute Gasteiger partial charge is 0.448 e. The molecular weight excluding hydrogens is 424 g/mol. The molecule has 2 aliphatic rings. The third-order valence-electron chi connectivity index (χ3n) is 5.28. The number of sulfone groups is 1. The zero-order valence-electron chi connectivity index (χ0n) is 15.8. The van der Waals surface area contributed by atoms with Gasteiger partial charge in [-0.15, -0.1) is 0 Å². The molecule has 0 saturated carbocycles. The van der Waals surface area contributed by atoms with Crippen LogP contribution in [0, 0.1) is 5.92 Å². The van der Waals surface area contributed by atoms with Gasteiger partial charge in [0.2, 0.25) is 5.91 Å². The normalized spacial score (nSPS) is 26.2. The van der Waals surface area contributed by atoms with E-state index in [-0.39, 0.29) is 13.2 Å². The van der Waals surface area contributed by atoms with E-state index in [2.05, 4.69) is 5.32 Å². The molecule has 3 atom stereocenters. The fourth-order valence-electron chi connectivity index (χ4n) is 3.68. The third kappa shape index (κ3) is 3.55. The first kappa shape index (κ1) is 21.4. The average Bonchev–Trinajstić information content (AvgIpc) is 2.82. The number of carbonyl (C=O) groups excluding carboxylic acids is 3. The van der Waals surface area contributed by atoms with Gasteiger partial charge in [-0.2, -0.15) is 0 Å². The lowest BCUT2D eigenvalue weighted by Crippen LogP contribution is -2.66. The lowest BCUT2D eigenvalue weighted by molar-refractivity contribution is -0.165. The monoisotopic (exact) mass is 444 g/mol. The predicted molar refractivity (Wildman–Crippen MR) is 102 cm³/mol. The SMILES string of the molecule is CC1(C)[C@H](C(=O)OCCl)N2C(=O)[C@H](CNC(=O)OCc3ccccc3)[C@H]2S1(=O)=O. The van der Waals surface area contributed by atoms with Gasteiger partial charge in [-0.25, -0.2) is 18.0 Å². The van der Waals surface area contributed by atoms with Crippen molar-refractivity contribution in [2.75, 3.05) is 12.6 Å². The molecule has 0 bridgehead atoms. The van der Waals surface area contributed by atoms with Crippen LogP contribution in [0.5, 0.6) is 0 Å². The lowest BCUT2D eigenvalue weighted by atomic mass is 9.91. The summed E-state index contributed by atoms with van der Waals surface area (Å²) in [5.41, 5.74) is 0.786. The van der Waals surface area contributed by atoms with Gasteiger partial charge >= 0.3 is 12.1 Å². The van der Waals surface area contributed by atoms with Gasteiger partial charge < -0.3 is 19.7 Å². The second kappa shape index (κ2) is 7.83. The fourth-order valence-corrected chi connectivity index (χ4v) is 6.10. The Morgan fingerprint density at radius 3 is 2.48 bits per heavy atom. The molecule has 158 valence electrons. The third-order valence-corrected chi connectivity index (χ3v) is 8.27. The average molecular weight is 445 g/mol. The summed E-state index contributed by atoms with van der Waals surface area (Å²) in [5.74, 6) is -2.43. The molecule has 1 N–H and O–H groups in total. The zero-order chi connectivity index (χ0) is 21.4. The number of alkyl carbamates (subject to hydrolysis) is 1. The fraction of sp³-hybridized carbons (Fsp3) is 0.500. The van der Waals surface area contributed by atoms with Crippen molar-refractivity contribution in [3.05, 3.63) is 35.9 Å². The first-order chi connectivity index (χ1) is 13.6. The Kier molecular flexibility index (Phi) is 5.77. The Morgan fingerprint density at radius 1 is 1.21 bits per heavy atom. The molecule has 0 unspecified atom stereocenters. The smallest absolute Gasteiger partial charge is 0.407 e. The summed E-state index contributed by atoms with van der Waals surface area (Å²) in [6.45, 7) is 2.55. The van der Waals surface area contributed by atoms with Gasteiger partial charge in [0.25, 0.3) is 0 Å². The molecule has 11 heteroatoms. The molecule has 2 amide bonds. The highest BCUT2D eigenvalue weighted by Gasteiger charge is 2.72. The van der Waals surface area contributed by atoms with Crippen molar-refractivity contribution in [1.82, 2.24) is 10.2 Å². The molecule has 9 nitrogen and oxygen atoms in total. The predicted octanol–water partition coefficient (Wildman–Crippen LogP) is 1.01. The van der Waals surface area contributed by atoms with Gasteiger partial charge in [0.05, 0.1) is 10.7 Å². The van der Waals surface area contributed by atoms with Crippen molar-refractivity contribution < 1.29 is 32.3 Å². The summed E-state index contributed by atoms with van der Waals surface area (Å²) in [6.07, 6.45) is -0.771. The van der Waals surface area contributed by atoms with Crippen molar-refractivity contribution in [3.8, 4) is 0 Å². The second-order valence-corrected chi connectivity index (χ2v) is 10.2. The second-order valence-electron chi connectivity index (χ2n) is 7.31. The van der Waals surface area contributed by atoms with Crippen molar-refractivity contribution in [1.29, 1.82) is 0 Å². The molecule has 0 aromatic heterocycles. The van der Waals surface area contributed by atoms with Crippen LogP contribution >= 0.6 is 11.6 Å². The molecule has 2 heterocycles. The van der Waals surface area contributed by atoms with Crippen LogP contribution in [0.15, 0.2) is 30.3 Å². The number of carbonyl (C=O) groups is 3. The summed E-state index contributed by atoms with van der Waals surface area (Å²) < 4.78 is 34.1. The Morgan fingerprint density at radius 2 is 1.86 bits per heavy atom. The van der Waals surface area contributed by atoms with E-state index < -0.39 is 56.0 Å². The summed E-state index contributed by atoms with van der Waals surface area (Å²) in [6, 6.07) is 7.27. The van der Waals surface area contributed by atoms with E-state index in [1.54, 1.807) is 24.3 Å². The minimum absolute atomic E-state index is 0.0402. The highest BCUT2D eigenvalue weighted by molar-refractivity contribution is 7.93. The number of esters is 1. The van der Waals surface area contributed by atoms with E-state index in [1.807, 2.05) is 6.07 Å². The minimum Gasteiger partial charge on any atom is -0.448 e. The molecule has 0 radical (unpaired) electrons. The van der Waals surface area contributed by atoms with Crippen LogP contribution in [0.4, 0.5) is 4.79 Å². The Balaban J connectivity index is 1.65. The number of halogens is 1. The van der Waals surface area contributed by atoms with Crippen LogP contribution in [0.1, 0.15) is 19.4 Å². The molecule has 1 aromatic rings. The van der Waals surface area contributed by atoms with Crippen molar-refractivity contribution in [2.45, 2.75) is 36.6 Å². The van der Waals surface area contributed by atoms with E-state index >= 15 is 0 Å². The van der Waals surface area contributed by atoms with Gasteiger partial charge in [0.1, 0.15) is 18.0 Å². The maximum atomic E-state index is 12.9. The van der Waals surface area contributed by atoms with Crippen LogP contribution in [0.3, 0.4) is 0 Å². The maximum Gasteiger partial charge on any atom is 0.407 e. The van der Waals surface area contributed by atoms with E-state index in [0.717, 1.165) is 10.5 Å². The van der Waals surface area contributed by atoms with Crippen LogP contribution in [0.2, 0.25) is 0 Å². The van der Waals surface area contributed by atoms with Gasteiger partial charge in [0, 0.05) is 6.54 Å². The number of fused-ring (bicyclic) bond motifs is 1. The number of hydrogen-bond donors (Lipinski definition) is 1. The standard InChI is InChI=1S/C18H21ClN2O7S/c1-18(2)13(16(23)28-10-19)21-14(22)12(15(21)29(18,25)26)8-20-17(24)27-9-11-6-4-3-5-7-11/h3-7,12-13,15H,8-10H2,1-2H3,(H,20,24)/t12-,13-,15+/m0/s1. The van der Waals surface area contributed by atoms with E-state index in [4.69, 9.17) is 21.1 Å². The number of ether oxygens (including phenoxy) is 2. The van der Waals surface area contributed by atoms with Gasteiger partial charge in [-0.3, -0.25) is 4.79 Å². The number of β-lactam (4-membered cyclic amide) rings is 1. The minimum atomic E-state index is -3.89. The van der Waals surface area contributed by atoms with Crippen LogP contribution in [-0.2, 0) is 35.5 Å². The maximum absolute atomic E-state index is 12.9. The number of nitrogens with zero attached hydrogens (tertiary/aromatic N) is 1. The van der Waals surface area contributed by atoms with E-state index in [1.165, 1.54) is 13.8 Å². The van der Waals surface area contributed by atoms with Gasteiger partial charge in [-0.1, -0.05) is 41.9 Å². The number of hydrogen-bond acceptors (Lipinski definition) is 7. The number of rotatable bonds is 6. The number of amides is 2. The summed E-state index contributed by atoms with van der Waals surface area (Å²) in [4.78, 5) is 37.7. The quantitative estimate of drug-likeness (QED) is 0.395. The summed E-state index contributed by atoms with van der Waals surface area (Å²) in [7, 11) is -3.89. The van der Waals surface area contributed by atoms with Crippen LogP contribution < -0.4 is 5.32 Å². The molecule has 2 aliphatic heterocycles. The molecule has 2 saturated heterocycles. The number of alkyl halides is 1. The van der Waals surface area contributed by atoms with Crippen LogP contribution in [0.25, 0.3) is 0 Å². The molecule has 3 rings (SSSR count). The molecule has 1 aromatic carbocycles. The highest BCUT2D eigenvalue weighted by atomic mass is 35.5. The molecule has 2 fully saturated rings. The highest BCUT2D eigenvalue weighted by Crippen LogP contribution is 2.48. The topological polar surface area (TPSA) is 119 Å². The Bertz CT molecular complexity index is 919. The van der Waals surface area contributed by atoms with E-state index in [9.17, 15) is 22.8 Å². The summed E-state index contributed by atoms with van der Waals surface area (Å²) in [5, 5.41) is 1.21. The van der Waals surface area contributed by atoms with E-state index in [0.29, 0.717) is 0 Å². The van der Waals surface area contributed by atoms with Gasteiger partial charge in [0.15, 0.2) is 15.9 Å². The Labute approximate surface area is 173 Å². The van der Waals surface area contributed by atoms with Crippen molar-refractivity contribution >= 4 is 39.4 Å². The molecule has 29 heavy (non-hydrogen) atoms. The van der Waals surface area contributed by atoms with Crippen molar-refractivity contribution in [3.63, 3.8) is 0 Å². The molecular formula is C18H21ClN2O7S. The Hall–Kier alpha value is -2.33. The first-order valence-corrected chi connectivity index (χ1v) is 10.9. The zero-order valence-corrected chi connectivity index (χ0v) is 17.4. The number of benzene rings is 1. The van der Waals surface area contributed by atoms with Crippen molar-refractivity contribution in [2.24, 2.45) is 5.92 Å². The molecule has 0 spiro atoms. The molecule has 0 aliphatic carbocycles. The number of nitrogens with one attached hydrogen (secondary N) is 1.